The molecule has 0 aromatic carbocycles. The van der Waals surface area contributed by atoms with E-state index in [4.69, 9.17) is 14.3 Å². The monoisotopic (exact) mass is 288 g/mol. The Hall–Kier alpha value is -0.883. The van der Waals surface area contributed by atoms with Crippen molar-refractivity contribution in [3.8, 4) is 0 Å². The standard InChI is InChI=1S/C13H24O5Si/c1-8(18-19(5,6)13(2,3)4)11-9(12(15)16)7-10(14)17-11/h8-9,11H,7H2,1-6H3,(H,15,16)/t8-,9+,11-/m1/s1. The van der Waals surface area contributed by atoms with Gasteiger partial charge in [-0.1, -0.05) is 20.8 Å². The molecule has 0 amide bonds. The van der Waals surface area contributed by atoms with Gasteiger partial charge in [-0.3, -0.25) is 9.59 Å². The molecule has 1 heterocycles. The Kier molecular flexibility index (Phi) is 4.46. The quantitative estimate of drug-likeness (QED) is 0.635. The summed E-state index contributed by atoms with van der Waals surface area (Å²) in [4.78, 5) is 22.5. The van der Waals surface area contributed by atoms with E-state index in [1.165, 1.54) is 0 Å². The molecule has 5 nitrogen and oxygen atoms in total. The fourth-order valence-corrected chi connectivity index (χ4v) is 3.35. The van der Waals surface area contributed by atoms with E-state index in [1.54, 1.807) is 6.92 Å². The first-order valence-corrected chi connectivity index (χ1v) is 9.46. The van der Waals surface area contributed by atoms with Crippen LogP contribution in [0.4, 0.5) is 0 Å². The van der Waals surface area contributed by atoms with E-state index in [9.17, 15) is 9.59 Å². The molecule has 0 unspecified atom stereocenters. The Morgan fingerprint density at radius 1 is 1.47 bits per heavy atom. The number of aliphatic carboxylic acids is 1. The molecule has 1 fully saturated rings. The fourth-order valence-electron chi connectivity index (χ4n) is 1.94. The van der Waals surface area contributed by atoms with Crippen molar-refractivity contribution in [2.24, 2.45) is 5.92 Å². The molecule has 0 aromatic rings. The summed E-state index contributed by atoms with van der Waals surface area (Å²) in [5.74, 6) is -2.25. The Morgan fingerprint density at radius 3 is 2.42 bits per heavy atom. The Morgan fingerprint density at radius 2 is 2.00 bits per heavy atom. The zero-order valence-corrected chi connectivity index (χ0v) is 13.5. The summed E-state index contributed by atoms with van der Waals surface area (Å²) >= 11 is 0. The number of carbonyl (C=O) groups excluding carboxylic acids is 1. The SMILES string of the molecule is C[C@@H](O[Si](C)(C)C(C)(C)C)[C@H]1OC(=O)C[C@@H]1C(=O)O. The Labute approximate surface area is 115 Å². The van der Waals surface area contributed by atoms with Crippen LogP contribution >= 0.6 is 0 Å². The molecular formula is C13H24O5Si. The van der Waals surface area contributed by atoms with Crippen LogP contribution < -0.4 is 0 Å². The summed E-state index contributed by atoms with van der Waals surface area (Å²) in [7, 11) is -2.01. The number of cyclic esters (lactones) is 1. The van der Waals surface area contributed by atoms with Crippen LogP contribution in [0.5, 0.6) is 0 Å². The Bertz CT molecular complexity index is 372. The van der Waals surface area contributed by atoms with E-state index in [-0.39, 0.29) is 11.5 Å². The molecule has 110 valence electrons. The first kappa shape index (κ1) is 16.2. The van der Waals surface area contributed by atoms with Gasteiger partial charge < -0.3 is 14.3 Å². The minimum atomic E-state index is -2.01. The van der Waals surface area contributed by atoms with Crippen LogP contribution in [0.3, 0.4) is 0 Å². The molecule has 0 aromatic heterocycles. The zero-order valence-electron chi connectivity index (χ0n) is 12.5. The number of ether oxygens (including phenoxy) is 1. The molecule has 1 aliphatic heterocycles. The van der Waals surface area contributed by atoms with Crippen molar-refractivity contribution >= 4 is 20.3 Å². The third kappa shape index (κ3) is 3.57. The van der Waals surface area contributed by atoms with E-state index >= 15 is 0 Å². The first-order chi connectivity index (χ1) is 8.45. The van der Waals surface area contributed by atoms with Gasteiger partial charge in [-0.25, -0.2) is 0 Å². The second kappa shape index (κ2) is 5.24. The lowest BCUT2D eigenvalue weighted by Crippen LogP contribution is -2.47. The molecule has 0 aliphatic carbocycles. The van der Waals surface area contributed by atoms with Crippen molar-refractivity contribution in [3.63, 3.8) is 0 Å². The minimum Gasteiger partial charge on any atom is -0.481 e. The lowest BCUT2D eigenvalue weighted by Gasteiger charge is -2.39. The molecule has 1 rings (SSSR count). The number of rotatable bonds is 4. The lowest BCUT2D eigenvalue weighted by atomic mass is 9.98. The van der Waals surface area contributed by atoms with E-state index < -0.39 is 38.4 Å². The van der Waals surface area contributed by atoms with Crippen LogP contribution in [0.1, 0.15) is 34.1 Å². The van der Waals surface area contributed by atoms with Crippen molar-refractivity contribution in [1.82, 2.24) is 0 Å². The maximum absolute atomic E-state index is 11.3. The van der Waals surface area contributed by atoms with E-state index in [0.717, 1.165) is 0 Å². The second-order valence-electron chi connectivity index (χ2n) is 6.69. The van der Waals surface area contributed by atoms with Gasteiger partial charge in [-0.2, -0.15) is 0 Å². The first-order valence-electron chi connectivity index (χ1n) is 6.56. The molecule has 1 N–H and O–H groups in total. The van der Waals surface area contributed by atoms with Gasteiger partial charge in [-0.05, 0) is 25.1 Å². The predicted molar refractivity (Wildman–Crippen MR) is 73.4 cm³/mol. The molecule has 3 atom stereocenters. The van der Waals surface area contributed by atoms with Crippen LogP contribution in [0.2, 0.25) is 18.1 Å². The molecular weight excluding hydrogens is 264 g/mol. The zero-order chi connectivity index (χ0) is 15.0. The summed E-state index contributed by atoms with van der Waals surface area (Å²) in [5.41, 5.74) is 0. The summed E-state index contributed by atoms with van der Waals surface area (Å²) in [5, 5.41) is 9.16. The molecule has 0 saturated carbocycles. The van der Waals surface area contributed by atoms with Crippen LogP contribution in [-0.2, 0) is 18.8 Å². The van der Waals surface area contributed by atoms with Gasteiger partial charge in [0.2, 0.25) is 0 Å². The summed E-state index contributed by atoms with van der Waals surface area (Å²) < 4.78 is 11.2. The van der Waals surface area contributed by atoms with Crippen molar-refractivity contribution in [2.45, 2.75) is 64.5 Å². The largest absolute Gasteiger partial charge is 0.481 e. The number of hydrogen-bond donors (Lipinski definition) is 1. The van der Waals surface area contributed by atoms with Crippen LogP contribution in [0.15, 0.2) is 0 Å². The molecule has 6 heteroatoms. The third-order valence-electron chi connectivity index (χ3n) is 4.12. The highest BCUT2D eigenvalue weighted by Gasteiger charge is 2.47. The van der Waals surface area contributed by atoms with Gasteiger partial charge in [0.25, 0.3) is 0 Å². The van der Waals surface area contributed by atoms with Gasteiger partial charge in [0.1, 0.15) is 12.0 Å². The highest BCUT2D eigenvalue weighted by atomic mass is 28.4. The highest BCUT2D eigenvalue weighted by molar-refractivity contribution is 6.74. The molecule has 0 spiro atoms. The van der Waals surface area contributed by atoms with Crippen LogP contribution in [-0.4, -0.2) is 37.6 Å². The molecule has 19 heavy (non-hydrogen) atoms. The smallest absolute Gasteiger partial charge is 0.310 e. The molecule has 0 radical (unpaired) electrons. The average molecular weight is 288 g/mol. The normalized spacial score (nSPS) is 26.1. The van der Waals surface area contributed by atoms with Gasteiger partial charge in [0.05, 0.1) is 12.5 Å². The van der Waals surface area contributed by atoms with E-state index in [0.29, 0.717) is 0 Å². The van der Waals surface area contributed by atoms with Crippen molar-refractivity contribution in [2.75, 3.05) is 0 Å². The maximum Gasteiger partial charge on any atom is 0.310 e. The average Bonchev–Trinajstić information content (AvgIpc) is 2.58. The third-order valence-corrected chi connectivity index (χ3v) is 8.69. The summed E-state index contributed by atoms with van der Waals surface area (Å²) in [6.45, 7) is 12.3. The van der Waals surface area contributed by atoms with E-state index in [1.807, 2.05) is 0 Å². The van der Waals surface area contributed by atoms with Gasteiger partial charge >= 0.3 is 11.9 Å². The van der Waals surface area contributed by atoms with Gasteiger partial charge in [-0.15, -0.1) is 0 Å². The molecule has 1 aliphatic rings. The van der Waals surface area contributed by atoms with Crippen LogP contribution in [0.25, 0.3) is 0 Å². The summed E-state index contributed by atoms with van der Waals surface area (Å²) in [6, 6.07) is 0. The number of carboxylic acid groups (broad SMARTS) is 1. The number of hydrogen-bond acceptors (Lipinski definition) is 4. The number of carbonyl (C=O) groups is 2. The predicted octanol–water partition coefficient (Wildman–Crippen LogP) is 2.41. The van der Waals surface area contributed by atoms with E-state index in [2.05, 4.69) is 33.9 Å². The highest BCUT2D eigenvalue weighted by Crippen LogP contribution is 2.39. The number of esters is 1. The van der Waals surface area contributed by atoms with Crippen LogP contribution in [0, 0.1) is 5.92 Å². The van der Waals surface area contributed by atoms with Crippen molar-refractivity contribution in [3.05, 3.63) is 0 Å². The topological polar surface area (TPSA) is 72.8 Å². The van der Waals surface area contributed by atoms with Gasteiger partial charge in [0.15, 0.2) is 8.32 Å². The Balaban J connectivity index is 2.80. The van der Waals surface area contributed by atoms with Crippen molar-refractivity contribution in [1.29, 1.82) is 0 Å². The van der Waals surface area contributed by atoms with Gasteiger partial charge in [0, 0.05) is 0 Å². The summed E-state index contributed by atoms with van der Waals surface area (Å²) in [6.07, 6.45) is -1.14. The minimum absolute atomic E-state index is 0.0304. The second-order valence-corrected chi connectivity index (χ2v) is 11.4. The van der Waals surface area contributed by atoms with Crippen molar-refractivity contribution < 1.29 is 23.9 Å². The number of carboxylic acids is 1. The lowest BCUT2D eigenvalue weighted by molar-refractivity contribution is -0.148. The fraction of sp³-hybridized carbons (Fsp3) is 0.846. The molecule has 0 bridgehead atoms. The maximum atomic E-state index is 11.3. The molecule has 1 saturated heterocycles.